The second-order valence-corrected chi connectivity index (χ2v) is 2.26. The lowest BCUT2D eigenvalue weighted by molar-refractivity contribution is -0.122. The van der Waals surface area contributed by atoms with E-state index >= 15 is 0 Å². The number of carbonyl (C=O) groups excluding carboxylic acids is 1. The topological polar surface area (TPSA) is 61.4 Å². The molecule has 1 amide bonds. The molecule has 0 spiro atoms. The molecule has 0 aliphatic heterocycles. The van der Waals surface area contributed by atoms with E-state index in [4.69, 9.17) is 5.11 Å². The Balaban J connectivity index is 3.09. The SMILES string of the molecule is CCNNC(=O)CCCCO. The van der Waals surface area contributed by atoms with Crippen molar-refractivity contribution in [3.63, 3.8) is 0 Å². The van der Waals surface area contributed by atoms with E-state index in [0.29, 0.717) is 12.8 Å². The second-order valence-electron chi connectivity index (χ2n) is 2.26. The molecule has 0 aromatic carbocycles. The smallest absolute Gasteiger partial charge is 0.234 e. The first-order chi connectivity index (χ1) is 5.31. The fraction of sp³-hybridized carbons (Fsp3) is 0.857. The van der Waals surface area contributed by atoms with E-state index in [1.165, 1.54) is 0 Å². The summed E-state index contributed by atoms with van der Waals surface area (Å²) in [6.45, 7) is 2.80. The van der Waals surface area contributed by atoms with Gasteiger partial charge < -0.3 is 5.11 Å². The third-order valence-electron chi connectivity index (χ3n) is 1.22. The number of amides is 1. The number of aliphatic hydroxyl groups is 1. The summed E-state index contributed by atoms with van der Waals surface area (Å²) in [5, 5.41) is 8.41. The highest BCUT2D eigenvalue weighted by Crippen LogP contribution is 1.92. The summed E-state index contributed by atoms with van der Waals surface area (Å²) in [5.74, 6) is -0.0136. The van der Waals surface area contributed by atoms with Crippen LogP contribution in [0.2, 0.25) is 0 Å². The first kappa shape index (κ1) is 10.4. The second kappa shape index (κ2) is 7.50. The maximum atomic E-state index is 10.8. The highest BCUT2D eigenvalue weighted by molar-refractivity contribution is 5.75. The molecule has 0 saturated heterocycles. The predicted molar refractivity (Wildman–Crippen MR) is 42.8 cm³/mol. The van der Waals surface area contributed by atoms with Gasteiger partial charge in [-0.25, -0.2) is 5.43 Å². The Morgan fingerprint density at radius 3 is 2.73 bits per heavy atom. The van der Waals surface area contributed by atoms with Gasteiger partial charge in [0.15, 0.2) is 0 Å². The van der Waals surface area contributed by atoms with Crippen LogP contribution in [0.3, 0.4) is 0 Å². The van der Waals surface area contributed by atoms with E-state index in [1.807, 2.05) is 6.92 Å². The van der Waals surface area contributed by atoms with Gasteiger partial charge in [0.1, 0.15) is 0 Å². The van der Waals surface area contributed by atoms with Crippen LogP contribution in [0.1, 0.15) is 26.2 Å². The van der Waals surface area contributed by atoms with Gasteiger partial charge in [0.2, 0.25) is 5.91 Å². The molecule has 0 unspecified atom stereocenters. The van der Waals surface area contributed by atoms with Crippen LogP contribution in [-0.2, 0) is 4.79 Å². The molecule has 3 N–H and O–H groups in total. The van der Waals surface area contributed by atoms with Gasteiger partial charge in [0.25, 0.3) is 0 Å². The average Bonchev–Trinajstić information content (AvgIpc) is 2.01. The van der Waals surface area contributed by atoms with Gasteiger partial charge in [-0.2, -0.15) is 0 Å². The minimum atomic E-state index is -0.0136. The summed E-state index contributed by atoms with van der Waals surface area (Å²) in [6.07, 6.45) is 1.92. The number of hydrogen-bond donors (Lipinski definition) is 3. The number of aliphatic hydroxyl groups excluding tert-OH is 1. The summed E-state index contributed by atoms with van der Waals surface area (Å²) in [7, 11) is 0. The molecular formula is C7H16N2O2. The lowest BCUT2D eigenvalue weighted by Gasteiger charge is -2.03. The first-order valence-corrected chi connectivity index (χ1v) is 3.93. The van der Waals surface area contributed by atoms with E-state index in [1.54, 1.807) is 0 Å². The van der Waals surface area contributed by atoms with E-state index in [9.17, 15) is 4.79 Å². The van der Waals surface area contributed by atoms with Crippen molar-refractivity contribution < 1.29 is 9.90 Å². The molecular weight excluding hydrogens is 144 g/mol. The Kier molecular flexibility index (Phi) is 7.08. The molecule has 0 heterocycles. The summed E-state index contributed by atoms with van der Waals surface area (Å²) in [4.78, 5) is 10.8. The maximum Gasteiger partial charge on any atom is 0.234 e. The van der Waals surface area contributed by atoms with Crippen LogP contribution < -0.4 is 10.9 Å². The molecule has 0 bridgehead atoms. The Bertz CT molecular complexity index is 107. The summed E-state index contributed by atoms with van der Waals surface area (Å²) >= 11 is 0. The third kappa shape index (κ3) is 7.29. The largest absolute Gasteiger partial charge is 0.396 e. The van der Waals surface area contributed by atoms with Gasteiger partial charge in [0, 0.05) is 19.6 Å². The van der Waals surface area contributed by atoms with Gasteiger partial charge in [-0.05, 0) is 12.8 Å². The number of hydrazine groups is 1. The zero-order chi connectivity index (χ0) is 8.53. The molecule has 0 rings (SSSR count). The summed E-state index contributed by atoms with van der Waals surface area (Å²) < 4.78 is 0. The van der Waals surface area contributed by atoms with Crippen molar-refractivity contribution in [1.82, 2.24) is 10.9 Å². The molecule has 66 valence electrons. The normalized spacial score (nSPS) is 9.64. The van der Waals surface area contributed by atoms with Crippen LogP contribution in [-0.4, -0.2) is 24.2 Å². The number of unbranched alkanes of at least 4 members (excludes halogenated alkanes) is 1. The van der Waals surface area contributed by atoms with Crippen molar-refractivity contribution in [3.05, 3.63) is 0 Å². The molecule has 0 saturated carbocycles. The van der Waals surface area contributed by atoms with E-state index in [2.05, 4.69) is 10.9 Å². The van der Waals surface area contributed by atoms with E-state index < -0.39 is 0 Å². The highest BCUT2D eigenvalue weighted by Gasteiger charge is 1.97. The quantitative estimate of drug-likeness (QED) is 0.372. The zero-order valence-electron chi connectivity index (χ0n) is 6.89. The molecule has 11 heavy (non-hydrogen) atoms. The Morgan fingerprint density at radius 1 is 1.45 bits per heavy atom. The van der Waals surface area contributed by atoms with Crippen LogP contribution in [0.5, 0.6) is 0 Å². The lowest BCUT2D eigenvalue weighted by atomic mass is 10.2. The van der Waals surface area contributed by atoms with Gasteiger partial charge in [-0.3, -0.25) is 10.2 Å². The number of hydrogen-bond acceptors (Lipinski definition) is 3. The Labute approximate surface area is 67.0 Å². The Hall–Kier alpha value is -0.610. The van der Waals surface area contributed by atoms with Crippen molar-refractivity contribution in [2.75, 3.05) is 13.2 Å². The van der Waals surface area contributed by atoms with Gasteiger partial charge in [-0.1, -0.05) is 6.92 Å². The fourth-order valence-electron chi connectivity index (χ4n) is 0.647. The van der Waals surface area contributed by atoms with Crippen LogP contribution in [0.25, 0.3) is 0 Å². The zero-order valence-corrected chi connectivity index (χ0v) is 6.89. The molecule has 0 aromatic rings. The maximum absolute atomic E-state index is 10.8. The van der Waals surface area contributed by atoms with Crippen LogP contribution in [0.15, 0.2) is 0 Å². The molecule has 0 radical (unpaired) electrons. The minimum absolute atomic E-state index is 0.0136. The molecule has 0 fully saturated rings. The highest BCUT2D eigenvalue weighted by atomic mass is 16.2. The van der Waals surface area contributed by atoms with Gasteiger partial charge in [-0.15, -0.1) is 0 Å². The Morgan fingerprint density at radius 2 is 2.18 bits per heavy atom. The lowest BCUT2D eigenvalue weighted by Crippen LogP contribution is -2.36. The first-order valence-electron chi connectivity index (χ1n) is 3.93. The minimum Gasteiger partial charge on any atom is -0.396 e. The van der Waals surface area contributed by atoms with E-state index in [-0.39, 0.29) is 12.5 Å². The number of nitrogens with one attached hydrogen (secondary N) is 2. The van der Waals surface area contributed by atoms with Crippen LogP contribution in [0.4, 0.5) is 0 Å². The molecule has 4 nitrogen and oxygen atoms in total. The third-order valence-corrected chi connectivity index (χ3v) is 1.22. The van der Waals surface area contributed by atoms with Crippen LogP contribution in [0, 0.1) is 0 Å². The van der Waals surface area contributed by atoms with Gasteiger partial charge in [0.05, 0.1) is 0 Å². The van der Waals surface area contributed by atoms with Crippen LogP contribution >= 0.6 is 0 Å². The number of rotatable bonds is 6. The summed E-state index contributed by atoms with van der Waals surface area (Å²) in [5.41, 5.74) is 5.23. The predicted octanol–water partition coefficient (Wildman–Crippen LogP) is -0.210. The molecule has 0 aliphatic carbocycles. The fourth-order valence-corrected chi connectivity index (χ4v) is 0.647. The standard InChI is InChI=1S/C7H16N2O2/c1-2-8-9-7(11)5-3-4-6-10/h8,10H,2-6H2,1H3,(H,9,11). The van der Waals surface area contributed by atoms with Crippen molar-refractivity contribution >= 4 is 5.91 Å². The van der Waals surface area contributed by atoms with Gasteiger partial charge >= 0.3 is 0 Å². The van der Waals surface area contributed by atoms with Crippen molar-refractivity contribution in [3.8, 4) is 0 Å². The van der Waals surface area contributed by atoms with Crippen molar-refractivity contribution in [1.29, 1.82) is 0 Å². The molecule has 0 aromatic heterocycles. The monoisotopic (exact) mass is 160 g/mol. The van der Waals surface area contributed by atoms with Crippen molar-refractivity contribution in [2.24, 2.45) is 0 Å². The summed E-state index contributed by atoms with van der Waals surface area (Å²) in [6, 6.07) is 0. The van der Waals surface area contributed by atoms with E-state index in [0.717, 1.165) is 13.0 Å². The molecule has 0 aliphatic rings. The molecule has 4 heteroatoms. The van der Waals surface area contributed by atoms with Crippen molar-refractivity contribution in [2.45, 2.75) is 26.2 Å². The average molecular weight is 160 g/mol. The molecule has 0 atom stereocenters. The number of carbonyl (C=O) groups is 1.